The van der Waals surface area contributed by atoms with Crippen LogP contribution in [0, 0.1) is 11.7 Å². The molecule has 1 heterocycles. The molecule has 1 aliphatic carbocycles. The molecule has 0 bridgehead atoms. The van der Waals surface area contributed by atoms with Gasteiger partial charge in [0.15, 0.2) is 11.6 Å². The third-order valence-electron chi connectivity index (χ3n) is 2.64. The topological polar surface area (TPSA) is 75.9 Å². The molecule has 0 aromatic carbocycles. The number of nitrogen functional groups attached to an aromatic ring is 1. The summed E-state index contributed by atoms with van der Waals surface area (Å²) in [5.41, 5.74) is 2.28. The van der Waals surface area contributed by atoms with E-state index in [1.54, 1.807) is 0 Å². The van der Waals surface area contributed by atoms with Gasteiger partial charge in [0.2, 0.25) is 5.95 Å². The van der Waals surface area contributed by atoms with E-state index in [4.69, 9.17) is 5.84 Å². The predicted octanol–water partition coefficient (Wildman–Crippen LogP) is 1.11. The van der Waals surface area contributed by atoms with Crippen LogP contribution in [0.25, 0.3) is 0 Å². The summed E-state index contributed by atoms with van der Waals surface area (Å²) >= 11 is 0. The molecule has 6 heteroatoms. The third-order valence-corrected chi connectivity index (χ3v) is 2.64. The monoisotopic (exact) mass is 211 g/mol. The maximum Gasteiger partial charge on any atom is 0.239 e. The van der Waals surface area contributed by atoms with Crippen LogP contribution in [-0.4, -0.2) is 16.0 Å². The Balaban J connectivity index is 2.07. The Morgan fingerprint density at radius 3 is 3.07 bits per heavy atom. The highest BCUT2D eigenvalue weighted by atomic mass is 19.1. The van der Waals surface area contributed by atoms with Crippen molar-refractivity contribution in [2.24, 2.45) is 11.8 Å². The lowest BCUT2D eigenvalue weighted by Gasteiger charge is -2.06. The van der Waals surface area contributed by atoms with Crippen LogP contribution in [0.1, 0.15) is 19.8 Å². The molecule has 1 aromatic heterocycles. The summed E-state index contributed by atoms with van der Waals surface area (Å²) < 4.78 is 13.3. The molecule has 0 spiro atoms. The molecule has 2 unspecified atom stereocenters. The van der Waals surface area contributed by atoms with Gasteiger partial charge in [0, 0.05) is 6.04 Å². The predicted molar refractivity (Wildman–Crippen MR) is 55.6 cm³/mol. The van der Waals surface area contributed by atoms with Crippen molar-refractivity contribution in [1.82, 2.24) is 9.97 Å². The fraction of sp³-hybridized carbons (Fsp3) is 0.556. The first-order valence-corrected chi connectivity index (χ1v) is 5.00. The number of aromatic nitrogens is 2. The van der Waals surface area contributed by atoms with Crippen LogP contribution in [0.5, 0.6) is 0 Å². The van der Waals surface area contributed by atoms with Gasteiger partial charge in [0.1, 0.15) is 0 Å². The molecule has 2 atom stereocenters. The number of hydrazine groups is 1. The molecule has 15 heavy (non-hydrogen) atoms. The van der Waals surface area contributed by atoms with Gasteiger partial charge in [0.05, 0.1) is 6.20 Å². The van der Waals surface area contributed by atoms with Crippen LogP contribution in [-0.2, 0) is 0 Å². The first kappa shape index (κ1) is 10.1. The molecule has 0 amide bonds. The van der Waals surface area contributed by atoms with Crippen molar-refractivity contribution < 1.29 is 4.39 Å². The molecular weight excluding hydrogens is 197 g/mol. The summed E-state index contributed by atoms with van der Waals surface area (Å²) in [7, 11) is 0. The average Bonchev–Trinajstić information content (AvgIpc) is 3.00. The van der Waals surface area contributed by atoms with E-state index in [1.165, 1.54) is 0 Å². The summed E-state index contributed by atoms with van der Waals surface area (Å²) in [4.78, 5) is 7.57. The normalized spacial score (nSPS) is 23.7. The zero-order valence-electron chi connectivity index (χ0n) is 8.50. The van der Waals surface area contributed by atoms with Gasteiger partial charge in [-0.25, -0.2) is 15.2 Å². The zero-order chi connectivity index (χ0) is 10.8. The Bertz CT molecular complexity index is 356. The summed E-state index contributed by atoms with van der Waals surface area (Å²) in [5.74, 6) is 5.76. The van der Waals surface area contributed by atoms with E-state index in [1.807, 2.05) is 0 Å². The molecule has 0 saturated heterocycles. The minimum Gasteiger partial charge on any atom is -0.364 e. The number of nitrogens with one attached hydrogen (secondary N) is 2. The number of halogens is 1. The number of hydrogen-bond acceptors (Lipinski definition) is 5. The second-order valence-corrected chi connectivity index (χ2v) is 3.69. The van der Waals surface area contributed by atoms with Gasteiger partial charge >= 0.3 is 0 Å². The molecule has 0 aliphatic heterocycles. The molecule has 4 N–H and O–H groups in total. The summed E-state index contributed by atoms with van der Waals surface area (Å²) in [6.45, 7) is 2.12. The Hall–Kier alpha value is -1.43. The van der Waals surface area contributed by atoms with Crippen LogP contribution in [0.15, 0.2) is 6.20 Å². The van der Waals surface area contributed by atoms with E-state index in [2.05, 4.69) is 27.6 Å². The lowest BCUT2D eigenvalue weighted by Crippen LogP contribution is -2.14. The van der Waals surface area contributed by atoms with Crippen LogP contribution < -0.4 is 16.6 Å². The standard InChI is InChI=1S/C9H14FN5/c1-2-5-3-7(5)13-8-6(10)4-12-9(14-8)15-11/h4-5,7H,2-3,11H2,1H3,(H2,12,13,14,15). The first-order chi connectivity index (χ1) is 7.24. The number of nitrogens with zero attached hydrogens (tertiary/aromatic N) is 2. The second-order valence-electron chi connectivity index (χ2n) is 3.69. The highest BCUT2D eigenvalue weighted by Gasteiger charge is 2.36. The van der Waals surface area contributed by atoms with Crippen LogP contribution in [0.4, 0.5) is 16.2 Å². The summed E-state index contributed by atoms with van der Waals surface area (Å²) in [6.07, 6.45) is 3.28. The largest absolute Gasteiger partial charge is 0.364 e. The van der Waals surface area contributed by atoms with E-state index in [-0.39, 0.29) is 11.8 Å². The smallest absolute Gasteiger partial charge is 0.239 e. The van der Waals surface area contributed by atoms with Crippen molar-refractivity contribution >= 4 is 11.8 Å². The molecule has 1 aliphatic rings. The molecule has 5 nitrogen and oxygen atoms in total. The van der Waals surface area contributed by atoms with E-state index in [0.29, 0.717) is 12.0 Å². The van der Waals surface area contributed by atoms with Crippen molar-refractivity contribution in [2.75, 3.05) is 10.7 Å². The van der Waals surface area contributed by atoms with Crippen molar-refractivity contribution in [3.8, 4) is 0 Å². The van der Waals surface area contributed by atoms with Crippen molar-refractivity contribution in [1.29, 1.82) is 0 Å². The van der Waals surface area contributed by atoms with E-state index < -0.39 is 5.82 Å². The molecular formula is C9H14FN5. The lowest BCUT2D eigenvalue weighted by atomic mass is 10.3. The van der Waals surface area contributed by atoms with E-state index in [9.17, 15) is 4.39 Å². The summed E-state index contributed by atoms with van der Waals surface area (Å²) in [5, 5.41) is 3.04. The van der Waals surface area contributed by atoms with E-state index >= 15 is 0 Å². The first-order valence-electron chi connectivity index (χ1n) is 5.00. The second kappa shape index (κ2) is 3.98. The van der Waals surface area contributed by atoms with Crippen LogP contribution in [0.2, 0.25) is 0 Å². The molecule has 1 saturated carbocycles. The number of hydrogen-bond donors (Lipinski definition) is 3. The molecule has 2 rings (SSSR count). The molecule has 1 aromatic rings. The Morgan fingerprint density at radius 1 is 1.67 bits per heavy atom. The minimum atomic E-state index is -0.448. The Labute approximate surface area is 87.3 Å². The maximum absolute atomic E-state index is 13.3. The van der Waals surface area contributed by atoms with Gasteiger partial charge < -0.3 is 5.32 Å². The van der Waals surface area contributed by atoms with Gasteiger partial charge in [-0.1, -0.05) is 13.3 Å². The molecule has 0 radical (unpaired) electrons. The highest BCUT2D eigenvalue weighted by Crippen LogP contribution is 2.36. The van der Waals surface area contributed by atoms with Crippen molar-refractivity contribution in [3.63, 3.8) is 0 Å². The van der Waals surface area contributed by atoms with Gasteiger partial charge in [-0.2, -0.15) is 4.98 Å². The lowest BCUT2D eigenvalue weighted by molar-refractivity contribution is 0.616. The van der Waals surface area contributed by atoms with Crippen LogP contribution in [0.3, 0.4) is 0 Å². The van der Waals surface area contributed by atoms with E-state index in [0.717, 1.165) is 19.0 Å². The van der Waals surface area contributed by atoms with Gasteiger partial charge in [-0.3, -0.25) is 5.43 Å². The maximum atomic E-state index is 13.3. The average molecular weight is 211 g/mol. The fourth-order valence-electron chi connectivity index (χ4n) is 1.59. The third kappa shape index (κ3) is 2.15. The SMILES string of the molecule is CCC1CC1Nc1nc(NN)ncc1F. The van der Waals surface area contributed by atoms with Crippen molar-refractivity contribution in [3.05, 3.63) is 12.0 Å². The zero-order valence-corrected chi connectivity index (χ0v) is 8.50. The number of nitrogens with two attached hydrogens (primary N) is 1. The van der Waals surface area contributed by atoms with Gasteiger partial charge in [-0.05, 0) is 12.3 Å². The minimum absolute atomic E-state index is 0.215. The number of anilines is 2. The van der Waals surface area contributed by atoms with Crippen molar-refractivity contribution in [2.45, 2.75) is 25.8 Å². The van der Waals surface area contributed by atoms with Gasteiger partial charge in [0.25, 0.3) is 0 Å². The van der Waals surface area contributed by atoms with Gasteiger partial charge in [-0.15, -0.1) is 0 Å². The quantitative estimate of drug-likeness (QED) is 0.514. The van der Waals surface area contributed by atoms with Crippen LogP contribution >= 0.6 is 0 Å². The Kier molecular flexibility index (Phi) is 2.68. The fourth-order valence-corrected chi connectivity index (χ4v) is 1.59. The number of rotatable bonds is 4. The Morgan fingerprint density at radius 2 is 2.47 bits per heavy atom. The highest BCUT2D eigenvalue weighted by molar-refractivity contribution is 5.42. The summed E-state index contributed by atoms with van der Waals surface area (Å²) in [6, 6.07) is 0.338. The molecule has 82 valence electrons. The molecule has 1 fully saturated rings.